The van der Waals surface area contributed by atoms with Gasteiger partial charge in [-0.3, -0.25) is 9.89 Å². The van der Waals surface area contributed by atoms with E-state index in [1.807, 2.05) is 19.1 Å². The minimum absolute atomic E-state index is 0.143. The summed E-state index contributed by atoms with van der Waals surface area (Å²) in [5, 5.41) is 18.9. The van der Waals surface area contributed by atoms with Crippen LogP contribution >= 0.6 is 10.0 Å². The van der Waals surface area contributed by atoms with Crippen molar-refractivity contribution in [3.05, 3.63) is 59.8 Å². The van der Waals surface area contributed by atoms with Crippen LogP contribution in [0.15, 0.2) is 53.4 Å². The number of aromatic amines is 1. The summed E-state index contributed by atoms with van der Waals surface area (Å²) >= 11 is 0. The van der Waals surface area contributed by atoms with Gasteiger partial charge in [0.2, 0.25) is 0 Å². The van der Waals surface area contributed by atoms with Crippen LogP contribution in [0.4, 0.5) is 5.82 Å². The molecule has 0 fully saturated rings. The molecule has 3 rings (SSSR count). The SMILES string of the molecule is Cc1cc(NC(=O)c2cc(Oc3ccc(S(C)(C)C)cc3)cc(O[C@@H](C)CO)c2)n[nH]1. The van der Waals surface area contributed by atoms with Crippen molar-refractivity contribution in [2.45, 2.75) is 24.8 Å². The lowest BCUT2D eigenvalue weighted by atomic mass is 10.2. The summed E-state index contributed by atoms with van der Waals surface area (Å²) < 4.78 is 11.7. The zero-order chi connectivity index (χ0) is 22.6. The fraction of sp³-hybridized carbons (Fsp3) is 0.304. The molecule has 1 amide bonds. The Morgan fingerprint density at radius 3 is 2.35 bits per heavy atom. The summed E-state index contributed by atoms with van der Waals surface area (Å²) in [6, 6.07) is 14.7. The topological polar surface area (TPSA) is 96.5 Å². The fourth-order valence-corrected chi connectivity index (χ4v) is 3.77. The van der Waals surface area contributed by atoms with Crippen LogP contribution in [0.25, 0.3) is 0 Å². The van der Waals surface area contributed by atoms with Crippen LogP contribution in [-0.4, -0.2) is 52.7 Å². The number of amides is 1. The van der Waals surface area contributed by atoms with Gasteiger partial charge in [0.25, 0.3) is 5.91 Å². The van der Waals surface area contributed by atoms with Gasteiger partial charge in [0, 0.05) is 23.4 Å². The Hall–Kier alpha value is -2.97. The summed E-state index contributed by atoms with van der Waals surface area (Å²) in [5.41, 5.74) is 1.20. The van der Waals surface area contributed by atoms with Crippen molar-refractivity contribution in [2.75, 3.05) is 30.7 Å². The Balaban J connectivity index is 1.86. The zero-order valence-electron chi connectivity index (χ0n) is 18.4. The third-order valence-electron chi connectivity index (χ3n) is 4.45. The highest BCUT2D eigenvalue weighted by Gasteiger charge is 2.14. The fourth-order valence-electron chi connectivity index (χ4n) is 2.82. The monoisotopic (exact) mass is 443 g/mol. The number of aliphatic hydroxyl groups excluding tert-OH is 1. The number of anilines is 1. The summed E-state index contributed by atoms with van der Waals surface area (Å²) in [7, 11) is -0.822. The van der Waals surface area contributed by atoms with Crippen LogP contribution in [-0.2, 0) is 0 Å². The predicted molar refractivity (Wildman–Crippen MR) is 125 cm³/mol. The normalized spacial score (nSPS) is 12.8. The summed E-state index contributed by atoms with van der Waals surface area (Å²) in [6.07, 6.45) is 6.28. The largest absolute Gasteiger partial charge is 0.488 e. The molecule has 0 saturated carbocycles. The van der Waals surface area contributed by atoms with Crippen molar-refractivity contribution in [3.8, 4) is 17.2 Å². The van der Waals surface area contributed by atoms with Crippen LogP contribution in [0, 0.1) is 6.92 Å². The summed E-state index contributed by atoms with van der Waals surface area (Å²) in [5.74, 6) is 1.64. The quantitative estimate of drug-likeness (QED) is 0.474. The molecular formula is C23H29N3O4S. The molecule has 166 valence electrons. The van der Waals surface area contributed by atoms with Crippen molar-refractivity contribution in [1.29, 1.82) is 0 Å². The number of aromatic nitrogens is 2. The summed E-state index contributed by atoms with van der Waals surface area (Å²) in [6.45, 7) is 3.45. The van der Waals surface area contributed by atoms with Crippen molar-refractivity contribution >= 4 is 21.8 Å². The molecule has 0 unspecified atom stereocenters. The first-order chi connectivity index (χ1) is 14.6. The van der Waals surface area contributed by atoms with Gasteiger partial charge in [-0.2, -0.15) is 5.10 Å². The average Bonchev–Trinajstić information content (AvgIpc) is 3.12. The molecule has 0 radical (unpaired) electrons. The number of aliphatic hydroxyl groups is 1. The number of aryl methyl sites for hydroxylation is 1. The highest BCUT2D eigenvalue weighted by molar-refractivity contribution is 8.32. The molecule has 0 bridgehead atoms. The van der Waals surface area contributed by atoms with Gasteiger partial charge in [0.15, 0.2) is 5.82 Å². The van der Waals surface area contributed by atoms with Crippen molar-refractivity contribution < 1.29 is 19.4 Å². The summed E-state index contributed by atoms with van der Waals surface area (Å²) in [4.78, 5) is 14.0. The lowest BCUT2D eigenvalue weighted by molar-refractivity contribution is 0.102. The highest BCUT2D eigenvalue weighted by Crippen LogP contribution is 2.45. The Bertz CT molecular complexity index is 1040. The Morgan fingerprint density at radius 1 is 1.10 bits per heavy atom. The first-order valence-electron chi connectivity index (χ1n) is 9.86. The molecule has 1 atom stereocenters. The van der Waals surface area contributed by atoms with Crippen LogP contribution < -0.4 is 14.8 Å². The van der Waals surface area contributed by atoms with E-state index in [-0.39, 0.29) is 12.5 Å². The van der Waals surface area contributed by atoms with E-state index in [2.05, 4.69) is 46.4 Å². The minimum Gasteiger partial charge on any atom is -0.488 e. The van der Waals surface area contributed by atoms with Gasteiger partial charge in [-0.25, -0.2) is 10.0 Å². The maximum atomic E-state index is 12.8. The van der Waals surface area contributed by atoms with E-state index in [1.165, 1.54) is 4.90 Å². The molecular weight excluding hydrogens is 414 g/mol. The Labute approximate surface area is 184 Å². The van der Waals surface area contributed by atoms with Gasteiger partial charge in [0.05, 0.1) is 6.61 Å². The number of H-pyrrole nitrogens is 1. The number of benzene rings is 2. The molecule has 0 spiro atoms. The third kappa shape index (κ3) is 6.26. The third-order valence-corrected chi connectivity index (χ3v) is 6.14. The smallest absolute Gasteiger partial charge is 0.257 e. The Kier molecular flexibility index (Phi) is 6.92. The molecule has 2 aromatic carbocycles. The molecule has 0 aliphatic carbocycles. The first kappa shape index (κ1) is 22.7. The van der Waals surface area contributed by atoms with E-state index in [9.17, 15) is 9.90 Å². The second-order valence-electron chi connectivity index (χ2n) is 8.11. The second-order valence-corrected chi connectivity index (χ2v) is 12.3. The van der Waals surface area contributed by atoms with Crippen molar-refractivity contribution in [2.24, 2.45) is 0 Å². The van der Waals surface area contributed by atoms with Crippen LogP contribution in [0.3, 0.4) is 0 Å². The Morgan fingerprint density at radius 2 is 1.77 bits per heavy atom. The molecule has 31 heavy (non-hydrogen) atoms. The first-order valence-corrected chi connectivity index (χ1v) is 12.7. The van der Waals surface area contributed by atoms with Crippen LogP contribution in [0.5, 0.6) is 17.2 Å². The van der Waals surface area contributed by atoms with Gasteiger partial charge in [-0.15, -0.1) is 0 Å². The lowest BCUT2D eigenvalue weighted by Gasteiger charge is -2.25. The number of carbonyl (C=O) groups excluding carboxylic acids is 1. The number of hydrogen-bond acceptors (Lipinski definition) is 5. The number of ether oxygens (including phenoxy) is 2. The lowest BCUT2D eigenvalue weighted by Crippen LogP contribution is -2.17. The van der Waals surface area contributed by atoms with Crippen molar-refractivity contribution in [3.63, 3.8) is 0 Å². The van der Waals surface area contributed by atoms with Gasteiger partial charge in [-0.1, -0.05) is 0 Å². The van der Waals surface area contributed by atoms with Crippen molar-refractivity contribution in [1.82, 2.24) is 10.2 Å². The van der Waals surface area contributed by atoms with E-state index in [4.69, 9.17) is 9.47 Å². The number of hydrogen-bond donors (Lipinski definition) is 3. The van der Waals surface area contributed by atoms with Gasteiger partial charge in [0.1, 0.15) is 23.4 Å². The molecule has 3 N–H and O–H groups in total. The maximum absolute atomic E-state index is 12.8. The van der Waals surface area contributed by atoms with Gasteiger partial charge in [-0.05, 0) is 73.9 Å². The molecule has 1 heterocycles. The molecule has 8 heteroatoms. The number of nitrogens with one attached hydrogen (secondary N) is 2. The van der Waals surface area contributed by atoms with Crippen LogP contribution in [0.2, 0.25) is 0 Å². The van der Waals surface area contributed by atoms with Gasteiger partial charge >= 0.3 is 0 Å². The van der Waals surface area contributed by atoms with Gasteiger partial charge < -0.3 is 19.9 Å². The molecule has 0 aliphatic heterocycles. The van der Waals surface area contributed by atoms with E-state index in [0.717, 1.165) is 5.69 Å². The van der Waals surface area contributed by atoms with E-state index < -0.39 is 16.1 Å². The molecule has 0 saturated heterocycles. The standard InChI is InChI=1S/C23H29N3O4S/c1-15-10-22(26-25-15)24-23(28)17-11-19(29-16(2)14-27)13-20(12-17)30-18-6-8-21(9-7-18)31(3,4)5/h6-13,16,27H,14H2,1-5H3,(H2,24,25,26,28)/t16-/m0/s1. The minimum atomic E-state index is -0.822. The zero-order valence-corrected chi connectivity index (χ0v) is 19.2. The average molecular weight is 444 g/mol. The molecule has 3 aromatic rings. The predicted octanol–water partition coefficient (Wildman–Crippen LogP) is 4.58. The van der Waals surface area contributed by atoms with E-state index in [0.29, 0.717) is 28.6 Å². The molecule has 1 aromatic heterocycles. The number of rotatable bonds is 8. The number of nitrogens with zero attached hydrogens (tertiary/aromatic N) is 1. The highest BCUT2D eigenvalue weighted by atomic mass is 32.3. The molecule has 7 nitrogen and oxygen atoms in total. The molecule has 0 aliphatic rings. The van der Waals surface area contributed by atoms with E-state index >= 15 is 0 Å². The number of carbonyl (C=O) groups is 1. The van der Waals surface area contributed by atoms with Crippen LogP contribution in [0.1, 0.15) is 23.0 Å². The second kappa shape index (κ2) is 9.45. The van der Waals surface area contributed by atoms with E-state index in [1.54, 1.807) is 31.2 Å². The maximum Gasteiger partial charge on any atom is 0.257 e.